The summed E-state index contributed by atoms with van der Waals surface area (Å²) >= 11 is 0. The highest BCUT2D eigenvalue weighted by Crippen LogP contribution is 2.46. The summed E-state index contributed by atoms with van der Waals surface area (Å²) in [5.41, 5.74) is 2.17. The van der Waals surface area contributed by atoms with Gasteiger partial charge in [0.1, 0.15) is 0 Å². The van der Waals surface area contributed by atoms with Gasteiger partial charge >= 0.3 is 0 Å². The Labute approximate surface area is 153 Å². The Bertz CT molecular complexity index is 953. The van der Waals surface area contributed by atoms with Crippen molar-refractivity contribution in [3.63, 3.8) is 0 Å². The van der Waals surface area contributed by atoms with Gasteiger partial charge in [-0.15, -0.1) is 0 Å². The first kappa shape index (κ1) is 15.6. The number of hydrogen-bond donors (Lipinski definition) is 0. The van der Waals surface area contributed by atoms with Crippen molar-refractivity contribution >= 4 is 16.7 Å². The fourth-order valence-corrected chi connectivity index (χ4v) is 4.98. The zero-order valence-electron chi connectivity index (χ0n) is 14.7. The Morgan fingerprint density at radius 2 is 1.88 bits per heavy atom. The summed E-state index contributed by atoms with van der Waals surface area (Å²) in [6, 6.07) is 19.1. The first-order valence-corrected chi connectivity index (χ1v) is 9.51. The number of fused-ring (bicyclic) bond motifs is 2. The lowest BCUT2D eigenvalue weighted by Crippen LogP contribution is -2.36. The van der Waals surface area contributed by atoms with Crippen LogP contribution in [0.25, 0.3) is 10.8 Å². The molecular formula is C23H22N2O. The van der Waals surface area contributed by atoms with Crippen molar-refractivity contribution in [3.05, 3.63) is 78.1 Å². The second-order valence-corrected chi connectivity index (χ2v) is 7.57. The van der Waals surface area contributed by atoms with E-state index in [1.54, 1.807) is 6.20 Å². The van der Waals surface area contributed by atoms with Gasteiger partial charge < -0.3 is 4.90 Å². The van der Waals surface area contributed by atoms with Crippen LogP contribution in [0.2, 0.25) is 0 Å². The number of hydrogen-bond acceptors (Lipinski definition) is 2. The molecule has 130 valence electrons. The van der Waals surface area contributed by atoms with Crippen molar-refractivity contribution in [1.29, 1.82) is 0 Å². The average Bonchev–Trinajstić information content (AvgIpc) is 3.30. The SMILES string of the molecule is O=C(c1ccc2cnccc2c1)N1CC(c2ccccc2)C2CCCC21. The van der Waals surface area contributed by atoms with E-state index in [1.165, 1.54) is 18.4 Å². The van der Waals surface area contributed by atoms with Crippen LogP contribution >= 0.6 is 0 Å². The third-order valence-electron chi connectivity index (χ3n) is 6.22. The second-order valence-electron chi connectivity index (χ2n) is 7.57. The molecule has 0 bridgehead atoms. The lowest BCUT2D eigenvalue weighted by atomic mass is 9.87. The minimum atomic E-state index is 0.180. The molecule has 3 unspecified atom stereocenters. The number of carbonyl (C=O) groups excluding carboxylic acids is 1. The van der Waals surface area contributed by atoms with Crippen LogP contribution in [0.1, 0.15) is 41.1 Å². The first-order valence-electron chi connectivity index (χ1n) is 9.51. The van der Waals surface area contributed by atoms with E-state index in [9.17, 15) is 4.79 Å². The summed E-state index contributed by atoms with van der Waals surface area (Å²) in [7, 11) is 0. The van der Waals surface area contributed by atoms with Crippen LogP contribution in [0.4, 0.5) is 0 Å². The summed E-state index contributed by atoms with van der Waals surface area (Å²) in [6.07, 6.45) is 7.23. The predicted octanol–water partition coefficient (Wildman–Crippen LogP) is 4.64. The fraction of sp³-hybridized carbons (Fsp3) is 0.304. The van der Waals surface area contributed by atoms with Gasteiger partial charge in [0.25, 0.3) is 5.91 Å². The average molecular weight is 342 g/mol. The Morgan fingerprint density at radius 3 is 2.77 bits per heavy atom. The van der Waals surface area contributed by atoms with Gasteiger partial charge in [0, 0.05) is 41.8 Å². The summed E-state index contributed by atoms with van der Waals surface area (Å²) in [4.78, 5) is 19.6. The topological polar surface area (TPSA) is 33.2 Å². The molecule has 1 aromatic heterocycles. The van der Waals surface area contributed by atoms with Gasteiger partial charge in [0.2, 0.25) is 0 Å². The van der Waals surface area contributed by atoms with Gasteiger partial charge in [-0.2, -0.15) is 0 Å². The molecule has 0 spiro atoms. The van der Waals surface area contributed by atoms with Gasteiger partial charge in [-0.25, -0.2) is 0 Å². The molecule has 1 aliphatic heterocycles. The molecule has 2 fully saturated rings. The number of benzene rings is 2. The lowest BCUT2D eigenvalue weighted by molar-refractivity contribution is 0.0728. The van der Waals surface area contributed by atoms with Crippen molar-refractivity contribution in [2.45, 2.75) is 31.2 Å². The first-order chi connectivity index (χ1) is 12.8. The van der Waals surface area contributed by atoms with Crippen molar-refractivity contribution < 1.29 is 4.79 Å². The molecule has 0 radical (unpaired) electrons. The van der Waals surface area contributed by atoms with Gasteiger partial charge in [-0.3, -0.25) is 9.78 Å². The number of aromatic nitrogens is 1. The van der Waals surface area contributed by atoms with Crippen LogP contribution in [-0.2, 0) is 0 Å². The van der Waals surface area contributed by atoms with Gasteiger partial charge in [0.05, 0.1) is 0 Å². The van der Waals surface area contributed by atoms with Gasteiger partial charge in [0.15, 0.2) is 0 Å². The normalized spacial score (nSPS) is 24.8. The van der Waals surface area contributed by atoms with Crippen molar-refractivity contribution in [2.24, 2.45) is 5.92 Å². The largest absolute Gasteiger partial charge is 0.335 e. The zero-order chi connectivity index (χ0) is 17.5. The third kappa shape index (κ3) is 2.50. The minimum absolute atomic E-state index is 0.180. The van der Waals surface area contributed by atoms with Gasteiger partial charge in [-0.1, -0.05) is 42.8 Å². The van der Waals surface area contributed by atoms with Crippen LogP contribution < -0.4 is 0 Å². The van der Waals surface area contributed by atoms with Crippen LogP contribution in [0, 0.1) is 5.92 Å². The Hall–Kier alpha value is -2.68. The third-order valence-corrected chi connectivity index (χ3v) is 6.22. The molecule has 3 heteroatoms. The van der Waals surface area contributed by atoms with Crippen LogP contribution in [0.5, 0.6) is 0 Å². The summed E-state index contributed by atoms with van der Waals surface area (Å²) in [6.45, 7) is 0.840. The Kier molecular flexibility index (Phi) is 3.74. The zero-order valence-corrected chi connectivity index (χ0v) is 14.7. The molecule has 3 aromatic rings. The summed E-state index contributed by atoms with van der Waals surface area (Å²) in [5.74, 6) is 1.25. The maximum atomic E-state index is 13.3. The highest BCUT2D eigenvalue weighted by atomic mass is 16.2. The molecule has 1 amide bonds. The molecule has 2 heterocycles. The fourth-order valence-electron chi connectivity index (χ4n) is 4.98. The number of rotatable bonds is 2. The lowest BCUT2D eigenvalue weighted by Gasteiger charge is -2.24. The van der Waals surface area contributed by atoms with Crippen molar-refractivity contribution in [2.75, 3.05) is 6.54 Å². The number of likely N-dealkylation sites (tertiary alicyclic amines) is 1. The second kappa shape index (κ2) is 6.24. The highest BCUT2D eigenvalue weighted by Gasteiger charge is 2.46. The Balaban J connectivity index is 1.47. The molecular weight excluding hydrogens is 320 g/mol. The number of nitrogens with zero attached hydrogens (tertiary/aromatic N) is 2. The van der Waals surface area contributed by atoms with E-state index in [4.69, 9.17) is 0 Å². The molecule has 3 nitrogen and oxygen atoms in total. The number of carbonyl (C=O) groups is 1. The maximum Gasteiger partial charge on any atom is 0.254 e. The van der Waals surface area contributed by atoms with E-state index in [2.05, 4.69) is 40.2 Å². The summed E-state index contributed by atoms with van der Waals surface area (Å²) < 4.78 is 0. The van der Waals surface area contributed by atoms with Crippen LogP contribution in [-0.4, -0.2) is 28.4 Å². The minimum Gasteiger partial charge on any atom is -0.335 e. The molecule has 0 N–H and O–H groups in total. The van der Waals surface area contributed by atoms with E-state index in [-0.39, 0.29) is 5.91 Å². The molecule has 5 rings (SSSR count). The summed E-state index contributed by atoms with van der Waals surface area (Å²) in [5, 5.41) is 2.15. The van der Waals surface area contributed by atoms with E-state index < -0.39 is 0 Å². The highest BCUT2D eigenvalue weighted by molar-refractivity contribution is 5.98. The van der Waals surface area contributed by atoms with Crippen LogP contribution in [0.15, 0.2) is 67.0 Å². The van der Waals surface area contributed by atoms with E-state index >= 15 is 0 Å². The van der Waals surface area contributed by atoms with Crippen molar-refractivity contribution in [1.82, 2.24) is 9.88 Å². The number of pyridine rings is 1. The van der Waals surface area contributed by atoms with E-state index in [0.29, 0.717) is 17.9 Å². The van der Waals surface area contributed by atoms with Crippen molar-refractivity contribution in [3.8, 4) is 0 Å². The quantitative estimate of drug-likeness (QED) is 0.679. The van der Waals surface area contributed by atoms with E-state index in [1.807, 2.05) is 30.5 Å². The monoisotopic (exact) mass is 342 g/mol. The predicted molar refractivity (Wildman–Crippen MR) is 103 cm³/mol. The Morgan fingerprint density at radius 1 is 1.00 bits per heavy atom. The molecule has 3 atom stereocenters. The maximum absolute atomic E-state index is 13.3. The van der Waals surface area contributed by atoms with E-state index in [0.717, 1.165) is 29.3 Å². The molecule has 1 saturated carbocycles. The molecule has 2 aliphatic rings. The number of amides is 1. The molecule has 1 aliphatic carbocycles. The standard InChI is InChI=1S/C23H22N2O/c26-23(18-9-10-19-14-24-12-11-17(19)13-18)25-15-21(16-5-2-1-3-6-16)20-7-4-8-22(20)25/h1-3,5-6,9-14,20-22H,4,7-8,15H2. The smallest absolute Gasteiger partial charge is 0.254 e. The van der Waals surface area contributed by atoms with Gasteiger partial charge in [-0.05, 0) is 47.9 Å². The van der Waals surface area contributed by atoms with Crippen LogP contribution in [0.3, 0.4) is 0 Å². The molecule has 2 aromatic carbocycles. The molecule has 26 heavy (non-hydrogen) atoms. The molecule has 1 saturated heterocycles.